The smallest absolute Gasteiger partial charge is 0.310 e. The van der Waals surface area contributed by atoms with Crippen LogP contribution in [0.15, 0.2) is 0 Å². The molecule has 0 aliphatic carbocycles. The number of nitrogens with zero attached hydrogens (tertiary/aromatic N) is 1. The zero-order valence-corrected chi connectivity index (χ0v) is 9.29. The second kappa shape index (κ2) is 6.02. The van der Waals surface area contributed by atoms with Crippen LogP contribution in [0.1, 0.15) is 32.6 Å². The van der Waals surface area contributed by atoms with Gasteiger partial charge in [0.15, 0.2) is 0 Å². The van der Waals surface area contributed by atoms with Crippen molar-refractivity contribution in [2.24, 2.45) is 5.92 Å². The quantitative estimate of drug-likeness (QED) is 0.498. The van der Waals surface area contributed by atoms with Crippen LogP contribution in [-0.4, -0.2) is 37.6 Å². The lowest BCUT2D eigenvalue weighted by Crippen LogP contribution is -2.24. The number of rotatable bonds is 5. The fourth-order valence-corrected chi connectivity index (χ4v) is 1.98. The summed E-state index contributed by atoms with van der Waals surface area (Å²) in [6.45, 7) is 5.31. The third kappa shape index (κ3) is 3.29. The maximum Gasteiger partial charge on any atom is 0.310 e. The number of ether oxygens (including phenoxy) is 1. The molecule has 1 unspecified atom stereocenters. The summed E-state index contributed by atoms with van der Waals surface area (Å²) >= 11 is 0. The predicted octanol–water partition coefficient (Wildman–Crippen LogP) is 1.67. The SMILES string of the molecule is CCCCCN1CCC(C(=O)OC)C1. The van der Waals surface area contributed by atoms with Crippen LogP contribution in [0.4, 0.5) is 0 Å². The number of hydrogen-bond acceptors (Lipinski definition) is 3. The van der Waals surface area contributed by atoms with Crippen molar-refractivity contribution in [2.75, 3.05) is 26.7 Å². The molecule has 3 heteroatoms. The van der Waals surface area contributed by atoms with E-state index in [4.69, 9.17) is 4.74 Å². The van der Waals surface area contributed by atoms with E-state index in [1.54, 1.807) is 0 Å². The Hall–Kier alpha value is -0.570. The first-order valence-corrected chi connectivity index (χ1v) is 5.58. The topological polar surface area (TPSA) is 29.5 Å². The molecule has 0 saturated carbocycles. The molecule has 1 fully saturated rings. The summed E-state index contributed by atoms with van der Waals surface area (Å²) in [5.41, 5.74) is 0. The molecule has 0 aromatic rings. The van der Waals surface area contributed by atoms with Crippen molar-refractivity contribution < 1.29 is 9.53 Å². The molecule has 1 saturated heterocycles. The molecule has 1 atom stereocenters. The second-order valence-corrected chi connectivity index (χ2v) is 4.02. The number of likely N-dealkylation sites (tertiary alicyclic amines) is 1. The van der Waals surface area contributed by atoms with Gasteiger partial charge in [-0.15, -0.1) is 0 Å². The maximum absolute atomic E-state index is 11.2. The van der Waals surface area contributed by atoms with E-state index in [1.807, 2.05) is 0 Å². The van der Waals surface area contributed by atoms with E-state index in [1.165, 1.54) is 26.4 Å². The van der Waals surface area contributed by atoms with Crippen LogP contribution < -0.4 is 0 Å². The Bertz CT molecular complexity index is 182. The van der Waals surface area contributed by atoms with Crippen molar-refractivity contribution in [3.05, 3.63) is 0 Å². The van der Waals surface area contributed by atoms with Crippen molar-refractivity contribution in [3.8, 4) is 0 Å². The molecule has 0 bridgehead atoms. The highest BCUT2D eigenvalue weighted by atomic mass is 16.5. The molecule has 0 radical (unpaired) electrons. The summed E-state index contributed by atoms with van der Waals surface area (Å²) < 4.78 is 4.74. The highest BCUT2D eigenvalue weighted by Gasteiger charge is 2.28. The summed E-state index contributed by atoms with van der Waals surface area (Å²) in [5.74, 6) is 0.0876. The monoisotopic (exact) mass is 199 g/mol. The van der Waals surface area contributed by atoms with Crippen LogP contribution in [0.25, 0.3) is 0 Å². The van der Waals surface area contributed by atoms with E-state index in [0.717, 1.165) is 26.1 Å². The summed E-state index contributed by atoms with van der Waals surface area (Å²) in [5, 5.41) is 0. The van der Waals surface area contributed by atoms with Gasteiger partial charge in [-0.25, -0.2) is 0 Å². The molecule has 0 aromatic heterocycles. The fourth-order valence-electron chi connectivity index (χ4n) is 1.98. The molecule has 1 aliphatic heterocycles. The van der Waals surface area contributed by atoms with Gasteiger partial charge in [-0.05, 0) is 25.9 Å². The van der Waals surface area contributed by atoms with Gasteiger partial charge in [-0.1, -0.05) is 19.8 Å². The van der Waals surface area contributed by atoms with Crippen molar-refractivity contribution in [2.45, 2.75) is 32.6 Å². The molecule has 0 aromatic carbocycles. The van der Waals surface area contributed by atoms with Crippen molar-refractivity contribution in [1.82, 2.24) is 4.90 Å². The number of esters is 1. The Morgan fingerprint density at radius 3 is 2.93 bits per heavy atom. The van der Waals surface area contributed by atoms with E-state index in [0.29, 0.717) is 0 Å². The van der Waals surface area contributed by atoms with Crippen LogP contribution in [0.5, 0.6) is 0 Å². The Morgan fingerprint density at radius 2 is 2.29 bits per heavy atom. The van der Waals surface area contributed by atoms with Gasteiger partial charge >= 0.3 is 5.97 Å². The van der Waals surface area contributed by atoms with E-state index in [2.05, 4.69) is 11.8 Å². The molecular weight excluding hydrogens is 178 g/mol. The lowest BCUT2D eigenvalue weighted by atomic mass is 10.1. The molecule has 3 nitrogen and oxygen atoms in total. The van der Waals surface area contributed by atoms with E-state index < -0.39 is 0 Å². The van der Waals surface area contributed by atoms with Gasteiger partial charge in [0.25, 0.3) is 0 Å². The van der Waals surface area contributed by atoms with Crippen molar-refractivity contribution in [3.63, 3.8) is 0 Å². The number of unbranched alkanes of at least 4 members (excludes halogenated alkanes) is 2. The van der Waals surface area contributed by atoms with Gasteiger partial charge in [0.2, 0.25) is 0 Å². The summed E-state index contributed by atoms with van der Waals surface area (Å²) in [6.07, 6.45) is 4.77. The maximum atomic E-state index is 11.2. The first-order chi connectivity index (χ1) is 6.77. The predicted molar refractivity (Wildman–Crippen MR) is 56.1 cm³/mol. The standard InChI is InChI=1S/C11H21NO2/c1-3-4-5-7-12-8-6-10(9-12)11(13)14-2/h10H,3-9H2,1-2H3. The average Bonchev–Trinajstić information content (AvgIpc) is 2.66. The minimum absolute atomic E-state index is 0.0389. The fraction of sp³-hybridized carbons (Fsp3) is 0.909. The van der Waals surface area contributed by atoms with Gasteiger partial charge in [-0.3, -0.25) is 4.79 Å². The third-order valence-electron chi connectivity index (χ3n) is 2.88. The molecule has 0 N–H and O–H groups in total. The molecular formula is C11H21NO2. The molecule has 82 valence electrons. The number of carbonyl (C=O) groups is 1. The normalized spacial score (nSPS) is 22.6. The zero-order valence-electron chi connectivity index (χ0n) is 9.29. The zero-order chi connectivity index (χ0) is 10.4. The Morgan fingerprint density at radius 1 is 1.50 bits per heavy atom. The summed E-state index contributed by atoms with van der Waals surface area (Å²) in [4.78, 5) is 13.6. The van der Waals surface area contributed by atoms with Crippen LogP contribution in [0, 0.1) is 5.92 Å². The van der Waals surface area contributed by atoms with Gasteiger partial charge in [-0.2, -0.15) is 0 Å². The lowest BCUT2D eigenvalue weighted by molar-refractivity contribution is -0.144. The summed E-state index contributed by atoms with van der Waals surface area (Å²) in [6, 6.07) is 0. The Kier molecular flexibility index (Phi) is 4.94. The van der Waals surface area contributed by atoms with Gasteiger partial charge in [0, 0.05) is 6.54 Å². The van der Waals surface area contributed by atoms with Crippen LogP contribution in [-0.2, 0) is 9.53 Å². The largest absolute Gasteiger partial charge is 0.469 e. The summed E-state index contributed by atoms with van der Waals surface area (Å²) in [7, 11) is 1.47. The van der Waals surface area contributed by atoms with Crippen molar-refractivity contribution >= 4 is 5.97 Å². The van der Waals surface area contributed by atoms with Gasteiger partial charge in [0.05, 0.1) is 13.0 Å². The number of hydrogen-bond donors (Lipinski definition) is 0. The second-order valence-electron chi connectivity index (χ2n) is 4.02. The highest BCUT2D eigenvalue weighted by Crippen LogP contribution is 2.17. The Balaban J connectivity index is 2.17. The highest BCUT2D eigenvalue weighted by molar-refractivity contribution is 5.72. The molecule has 1 aliphatic rings. The van der Waals surface area contributed by atoms with Gasteiger partial charge in [0.1, 0.15) is 0 Å². The number of methoxy groups -OCH3 is 1. The minimum atomic E-state index is -0.0389. The third-order valence-corrected chi connectivity index (χ3v) is 2.88. The van der Waals surface area contributed by atoms with Crippen LogP contribution in [0.3, 0.4) is 0 Å². The van der Waals surface area contributed by atoms with Crippen LogP contribution >= 0.6 is 0 Å². The van der Waals surface area contributed by atoms with Crippen LogP contribution in [0.2, 0.25) is 0 Å². The van der Waals surface area contributed by atoms with Crippen molar-refractivity contribution in [1.29, 1.82) is 0 Å². The van der Waals surface area contributed by atoms with E-state index in [-0.39, 0.29) is 11.9 Å². The molecule has 0 amide bonds. The molecule has 1 rings (SSSR count). The lowest BCUT2D eigenvalue weighted by Gasteiger charge is -2.14. The molecule has 14 heavy (non-hydrogen) atoms. The Labute approximate surface area is 86.4 Å². The first kappa shape index (κ1) is 11.5. The van der Waals surface area contributed by atoms with E-state index >= 15 is 0 Å². The number of carbonyl (C=O) groups excluding carboxylic acids is 1. The average molecular weight is 199 g/mol. The first-order valence-electron chi connectivity index (χ1n) is 5.58. The van der Waals surface area contributed by atoms with Gasteiger partial charge < -0.3 is 9.64 Å². The molecule has 1 heterocycles. The van der Waals surface area contributed by atoms with E-state index in [9.17, 15) is 4.79 Å². The molecule has 0 spiro atoms. The minimum Gasteiger partial charge on any atom is -0.469 e.